The lowest BCUT2D eigenvalue weighted by Gasteiger charge is -2.17. The normalized spacial score (nSPS) is 10.5. The molecule has 0 aliphatic rings. The summed E-state index contributed by atoms with van der Waals surface area (Å²) in [4.78, 5) is 0. The second-order valence-corrected chi connectivity index (χ2v) is 3.50. The molecule has 15 heavy (non-hydrogen) atoms. The van der Waals surface area contributed by atoms with Gasteiger partial charge in [0.1, 0.15) is 0 Å². The summed E-state index contributed by atoms with van der Waals surface area (Å²) in [6.07, 6.45) is 0.0666. The van der Waals surface area contributed by atoms with E-state index in [1.165, 1.54) is 0 Å². The van der Waals surface area contributed by atoms with E-state index in [1.54, 1.807) is 0 Å². The molecule has 0 bridgehead atoms. The minimum Gasteiger partial charge on any atom is -0.490 e. The van der Waals surface area contributed by atoms with E-state index in [4.69, 9.17) is 9.47 Å². The van der Waals surface area contributed by atoms with Crippen LogP contribution in [-0.4, -0.2) is 17.8 Å². The fourth-order valence-corrected chi connectivity index (χ4v) is 1.32. The Hall–Kier alpha value is -1.22. The fourth-order valence-electron chi connectivity index (χ4n) is 1.32. The maximum atomic E-state index is 9.19. The molecule has 0 heterocycles. The Balaban J connectivity index is 3.02. The standard InChI is InChI=1S/C12H18O3/c1-4-14-11-7-5-6-10(8-13)12(11)15-9(2)3/h5-7,9,13H,4,8H2,1-3H3. The lowest BCUT2D eigenvalue weighted by Crippen LogP contribution is -2.09. The van der Waals surface area contributed by atoms with Gasteiger partial charge in [-0.1, -0.05) is 12.1 Å². The Labute approximate surface area is 90.6 Å². The van der Waals surface area contributed by atoms with Crippen LogP contribution in [0.3, 0.4) is 0 Å². The topological polar surface area (TPSA) is 38.7 Å². The van der Waals surface area contributed by atoms with Crippen LogP contribution in [0.1, 0.15) is 26.3 Å². The predicted molar refractivity (Wildman–Crippen MR) is 59.3 cm³/mol. The summed E-state index contributed by atoms with van der Waals surface area (Å²) in [5, 5.41) is 9.19. The van der Waals surface area contributed by atoms with Gasteiger partial charge in [0.2, 0.25) is 0 Å². The number of aliphatic hydroxyl groups excluding tert-OH is 1. The molecular formula is C12H18O3. The highest BCUT2D eigenvalue weighted by Crippen LogP contribution is 2.32. The molecular weight excluding hydrogens is 192 g/mol. The van der Waals surface area contributed by atoms with E-state index >= 15 is 0 Å². The second kappa shape index (κ2) is 5.61. The van der Waals surface area contributed by atoms with Crippen LogP contribution in [0.25, 0.3) is 0 Å². The van der Waals surface area contributed by atoms with E-state index in [0.717, 1.165) is 5.56 Å². The van der Waals surface area contributed by atoms with Crippen molar-refractivity contribution in [3.8, 4) is 11.5 Å². The predicted octanol–water partition coefficient (Wildman–Crippen LogP) is 2.36. The Morgan fingerprint density at radius 2 is 2.07 bits per heavy atom. The average Bonchev–Trinajstić information content (AvgIpc) is 2.20. The zero-order chi connectivity index (χ0) is 11.3. The van der Waals surface area contributed by atoms with Gasteiger partial charge >= 0.3 is 0 Å². The first-order chi connectivity index (χ1) is 7.19. The van der Waals surface area contributed by atoms with Crippen molar-refractivity contribution in [3.05, 3.63) is 23.8 Å². The molecule has 1 aromatic carbocycles. The van der Waals surface area contributed by atoms with Crippen LogP contribution in [0.4, 0.5) is 0 Å². The lowest BCUT2D eigenvalue weighted by atomic mass is 10.2. The van der Waals surface area contributed by atoms with Gasteiger partial charge in [0.15, 0.2) is 11.5 Å². The molecule has 0 aliphatic heterocycles. The molecule has 0 aliphatic carbocycles. The molecule has 1 rings (SSSR count). The van der Waals surface area contributed by atoms with Crippen molar-refractivity contribution in [1.29, 1.82) is 0 Å². The van der Waals surface area contributed by atoms with Gasteiger partial charge in [-0.05, 0) is 26.8 Å². The molecule has 0 spiro atoms. The van der Waals surface area contributed by atoms with Crippen LogP contribution in [0.2, 0.25) is 0 Å². The summed E-state index contributed by atoms with van der Waals surface area (Å²) in [5.74, 6) is 1.34. The van der Waals surface area contributed by atoms with E-state index in [1.807, 2.05) is 39.0 Å². The Morgan fingerprint density at radius 3 is 2.60 bits per heavy atom. The van der Waals surface area contributed by atoms with Crippen LogP contribution < -0.4 is 9.47 Å². The van der Waals surface area contributed by atoms with Crippen LogP contribution in [0.15, 0.2) is 18.2 Å². The monoisotopic (exact) mass is 210 g/mol. The lowest BCUT2D eigenvalue weighted by molar-refractivity contribution is 0.210. The number of hydrogen-bond donors (Lipinski definition) is 1. The Kier molecular flexibility index (Phi) is 4.43. The fraction of sp³-hybridized carbons (Fsp3) is 0.500. The minimum atomic E-state index is -0.0387. The third kappa shape index (κ3) is 3.13. The van der Waals surface area contributed by atoms with Crippen LogP contribution in [-0.2, 0) is 6.61 Å². The largest absolute Gasteiger partial charge is 0.490 e. The number of aliphatic hydroxyl groups is 1. The van der Waals surface area contributed by atoms with Gasteiger partial charge in [0, 0.05) is 5.56 Å². The zero-order valence-electron chi connectivity index (χ0n) is 9.49. The average molecular weight is 210 g/mol. The molecule has 3 nitrogen and oxygen atoms in total. The van der Waals surface area contributed by atoms with Crippen molar-refractivity contribution in [2.75, 3.05) is 6.61 Å². The van der Waals surface area contributed by atoms with Gasteiger partial charge in [0.25, 0.3) is 0 Å². The highest BCUT2D eigenvalue weighted by molar-refractivity contribution is 5.46. The molecule has 0 saturated heterocycles. The highest BCUT2D eigenvalue weighted by Gasteiger charge is 2.11. The maximum absolute atomic E-state index is 9.19. The minimum absolute atomic E-state index is 0.0387. The third-order valence-corrected chi connectivity index (χ3v) is 1.88. The van der Waals surface area contributed by atoms with Crippen molar-refractivity contribution in [2.45, 2.75) is 33.5 Å². The third-order valence-electron chi connectivity index (χ3n) is 1.88. The Morgan fingerprint density at radius 1 is 1.33 bits per heavy atom. The molecule has 3 heteroatoms. The molecule has 0 unspecified atom stereocenters. The van der Waals surface area contributed by atoms with Gasteiger partial charge in [-0.3, -0.25) is 0 Å². The summed E-state index contributed by atoms with van der Waals surface area (Å²) < 4.78 is 11.1. The summed E-state index contributed by atoms with van der Waals surface area (Å²) in [7, 11) is 0. The number of ether oxygens (including phenoxy) is 2. The molecule has 0 amide bonds. The van der Waals surface area contributed by atoms with E-state index < -0.39 is 0 Å². The van der Waals surface area contributed by atoms with Crippen molar-refractivity contribution < 1.29 is 14.6 Å². The maximum Gasteiger partial charge on any atom is 0.167 e. The van der Waals surface area contributed by atoms with Gasteiger partial charge in [-0.2, -0.15) is 0 Å². The molecule has 1 aromatic rings. The van der Waals surface area contributed by atoms with E-state index in [0.29, 0.717) is 18.1 Å². The molecule has 0 atom stereocenters. The summed E-state index contributed by atoms with van der Waals surface area (Å²) in [6, 6.07) is 5.53. The van der Waals surface area contributed by atoms with Gasteiger partial charge in [-0.15, -0.1) is 0 Å². The molecule has 0 saturated carbocycles. The summed E-state index contributed by atoms with van der Waals surface area (Å²) in [6.45, 7) is 6.37. The smallest absolute Gasteiger partial charge is 0.167 e. The molecule has 0 radical (unpaired) electrons. The number of para-hydroxylation sites is 1. The first kappa shape index (κ1) is 11.9. The van der Waals surface area contributed by atoms with Gasteiger partial charge < -0.3 is 14.6 Å². The first-order valence-electron chi connectivity index (χ1n) is 5.21. The molecule has 1 N–H and O–H groups in total. The van der Waals surface area contributed by atoms with Gasteiger partial charge in [0.05, 0.1) is 19.3 Å². The highest BCUT2D eigenvalue weighted by atomic mass is 16.5. The van der Waals surface area contributed by atoms with Crippen molar-refractivity contribution >= 4 is 0 Å². The van der Waals surface area contributed by atoms with E-state index in [-0.39, 0.29) is 12.7 Å². The van der Waals surface area contributed by atoms with Crippen LogP contribution >= 0.6 is 0 Å². The van der Waals surface area contributed by atoms with E-state index in [9.17, 15) is 5.11 Å². The van der Waals surface area contributed by atoms with Crippen molar-refractivity contribution in [1.82, 2.24) is 0 Å². The van der Waals surface area contributed by atoms with Crippen molar-refractivity contribution in [2.24, 2.45) is 0 Å². The Bertz CT molecular complexity index is 308. The summed E-state index contributed by atoms with van der Waals surface area (Å²) >= 11 is 0. The number of benzene rings is 1. The first-order valence-corrected chi connectivity index (χ1v) is 5.21. The van der Waals surface area contributed by atoms with E-state index in [2.05, 4.69) is 0 Å². The molecule has 0 aromatic heterocycles. The molecule has 84 valence electrons. The molecule has 0 fully saturated rings. The number of hydrogen-bond acceptors (Lipinski definition) is 3. The van der Waals surface area contributed by atoms with Gasteiger partial charge in [-0.25, -0.2) is 0 Å². The quantitative estimate of drug-likeness (QED) is 0.810. The van der Waals surface area contributed by atoms with Crippen LogP contribution in [0.5, 0.6) is 11.5 Å². The van der Waals surface area contributed by atoms with Crippen LogP contribution in [0, 0.1) is 0 Å². The SMILES string of the molecule is CCOc1cccc(CO)c1OC(C)C. The summed E-state index contributed by atoms with van der Waals surface area (Å²) in [5.41, 5.74) is 0.759. The zero-order valence-corrected chi connectivity index (χ0v) is 9.49. The van der Waals surface area contributed by atoms with Crippen molar-refractivity contribution in [3.63, 3.8) is 0 Å². The second-order valence-electron chi connectivity index (χ2n) is 3.50. The number of rotatable bonds is 5.